The molecule has 0 aromatic heterocycles. The maximum absolute atomic E-state index is 12.2. The summed E-state index contributed by atoms with van der Waals surface area (Å²) < 4.78 is 11.4. The molecule has 0 radical (unpaired) electrons. The van der Waals surface area contributed by atoms with Crippen LogP contribution in [0.4, 0.5) is 4.79 Å². The van der Waals surface area contributed by atoms with Gasteiger partial charge in [0.15, 0.2) is 0 Å². The molecule has 0 bridgehead atoms. The minimum atomic E-state index is -0.453. The average Bonchev–Trinajstić information content (AvgIpc) is 2.69. The largest absolute Gasteiger partial charge is 0.444 e. The van der Waals surface area contributed by atoms with Crippen molar-refractivity contribution in [3.8, 4) is 0 Å². The summed E-state index contributed by atoms with van der Waals surface area (Å²) in [4.78, 5) is 13.9. The zero-order chi connectivity index (χ0) is 14.1. The molecule has 2 unspecified atom stereocenters. The van der Waals surface area contributed by atoms with Gasteiger partial charge in [-0.15, -0.1) is 0 Å². The summed E-state index contributed by atoms with van der Waals surface area (Å²) >= 11 is 0. The van der Waals surface area contributed by atoms with E-state index in [-0.39, 0.29) is 11.7 Å². The predicted molar refractivity (Wildman–Crippen MR) is 72.9 cm³/mol. The summed E-state index contributed by atoms with van der Waals surface area (Å²) in [6.07, 6.45) is 2.71. The fourth-order valence-electron chi connectivity index (χ4n) is 3.10. The molecule has 2 saturated heterocycles. The molecule has 2 N–H and O–H groups in total. The molecule has 5 heteroatoms. The highest BCUT2D eigenvalue weighted by molar-refractivity contribution is 5.68. The van der Waals surface area contributed by atoms with E-state index < -0.39 is 5.60 Å². The van der Waals surface area contributed by atoms with Crippen molar-refractivity contribution in [1.29, 1.82) is 0 Å². The van der Waals surface area contributed by atoms with Gasteiger partial charge in [0.25, 0.3) is 0 Å². The third kappa shape index (κ3) is 3.20. The van der Waals surface area contributed by atoms with Crippen LogP contribution in [0.2, 0.25) is 0 Å². The number of rotatable bonds is 1. The van der Waals surface area contributed by atoms with Crippen molar-refractivity contribution < 1.29 is 14.3 Å². The molecule has 0 aromatic rings. The minimum Gasteiger partial charge on any atom is -0.444 e. The normalized spacial score (nSPS) is 31.8. The van der Waals surface area contributed by atoms with Crippen molar-refractivity contribution in [1.82, 2.24) is 4.90 Å². The molecule has 2 heterocycles. The van der Waals surface area contributed by atoms with Crippen molar-refractivity contribution in [3.05, 3.63) is 0 Å². The summed E-state index contributed by atoms with van der Waals surface area (Å²) in [5.41, 5.74) is 5.16. The van der Waals surface area contributed by atoms with Crippen LogP contribution in [0.1, 0.15) is 40.0 Å². The Morgan fingerprint density at radius 1 is 1.53 bits per heavy atom. The number of piperidine rings is 1. The van der Waals surface area contributed by atoms with E-state index >= 15 is 0 Å². The quantitative estimate of drug-likeness (QED) is 0.788. The number of hydrogen-bond acceptors (Lipinski definition) is 4. The Kier molecular flexibility index (Phi) is 4.06. The van der Waals surface area contributed by atoms with Crippen LogP contribution in [0.25, 0.3) is 0 Å². The smallest absolute Gasteiger partial charge is 0.410 e. The van der Waals surface area contributed by atoms with Gasteiger partial charge in [0.05, 0.1) is 12.1 Å². The van der Waals surface area contributed by atoms with E-state index in [4.69, 9.17) is 15.2 Å². The number of carbonyl (C=O) groups is 1. The van der Waals surface area contributed by atoms with Gasteiger partial charge in [-0.3, -0.25) is 0 Å². The molecule has 2 fully saturated rings. The van der Waals surface area contributed by atoms with E-state index in [0.717, 1.165) is 32.4 Å². The molecule has 0 saturated carbocycles. The molecule has 1 amide bonds. The monoisotopic (exact) mass is 270 g/mol. The van der Waals surface area contributed by atoms with E-state index in [0.29, 0.717) is 19.0 Å². The number of nitrogens with two attached hydrogens (primary N) is 1. The molecule has 19 heavy (non-hydrogen) atoms. The van der Waals surface area contributed by atoms with E-state index in [1.54, 1.807) is 4.90 Å². The van der Waals surface area contributed by atoms with Crippen molar-refractivity contribution >= 4 is 6.09 Å². The Bertz CT molecular complexity index is 340. The van der Waals surface area contributed by atoms with E-state index in [9.17, 15) is 4.79 Å². The Morgan fingerprint density at radius 2 is 2.26 bits per heavy atom. The highest BCUT2D eigenvalue weighted by atomic mass is 16.6. The second-order valence-corrected chi connectivity index (χ2v) is 6.64. The highest BCUT2D eigenvalue weighted by Crippen LogP contribution is 2.39. The first-order valence-corrected chi connectivity index (χ1v) is 7.18. The number of ether oxygens (including phenoxy) is 2. The van der Waals surface area contributed by atoms with Gasteiger partial charge in [0, 0.05) is 19.1 Å². The molecular weight excluding hydrogens is 244 g/mol. The molecule has 2 aliphatic heterocycles. The number of likely N-dealkylation sites (tertiary alicyclic amines) is 1. The van der Waals surface area contributed by atoms with Crippen LogP contribution < -0.4 is 5.73 Å². The SMILES string of the molecule is CC(C)(C)OC(=O)N1CCCC2(C1)OCCC2CN. The fraction of sp³-hybridized carbons (Fsp3) is 0.929. The highest BCUT2D eigenvalue weighted by Gasteiger charge is 2.47. The minimum absolute atomic E-state index is 0.232. The van der Waals surface area contributed by atoms with Gasteiger partial charge in [-0.2, -0.15) is 0 Å². The lowest BCUT2D eigenvalue weighted by molar-refractivity contribution is -0.0751. The molecule has 5 nitrogen and oxygen atoms in total. The zero-order valence-electron chi connectivity index (χ0n) is 12.3. The van der Waals surface area contributed by atoms with Gasteiger partial charge < -0.3 is 20.1 Å². The molecule has 1 spiro atoms. The zero-order valence-corrected chi connectivity index (χ0v) is 12.3. The van der Waals surface area contributed by atoms with Crippen LogP contribution in [0.5, 0.6) is 0 Å². The second kappa shape index (κ2) is 5.29. The number of carbonyl (C=O) groups excluding carboxylic acids is 1. The van der Waals surface area contributed by atoms with Crippen molar-refractivity contribution in [2.75, 3.05) is 26.2 Å². The molecular formula is C14H26N2O3. The van der Waals surface area contributed by atoms with Crippen LogP contribution in [0.15, 0.2) is 0 Å². The average molecular weight is 270 g/mol. The molecule has 0 aromatic carbocycles. The lowest BCUT2D eigenvalue weighted by atomic mass is 9.81. The first kappa shape index (κ1) is 14.6. The van der Waals surface area contributed by atoms with Gasteiger partial charge in [0.2, 0.25) is 0 Å². The Labute approximate surface area is 115 Å². The molecule has 0 aliphatic carbocycles. The van der Waals surface area contributed by atoms with Gasteiger partial charge in [-0.25, -0.2) is 4.79 Å². The fourth-order valence-corrected chi connectivity index (χ4v) is 3.10. The van der Waals surface area contributed by atoms with Crippen LogP contribution in [-0.4, -0.2) is 48.4 Å². The third-order valence-corrected chi connectivity index (χ3v) is 4.02. The lowest BCUT2D eigenvalue weighted by Crippen LogP contribution is -2.55. The van der Waals surface area contributed by atoms with Gasteiger partial charge >= 0.3 is 6.09 Å². The first-order chi connectivity index (χ1) is 8.86. The Balaban J connectivity index is 2.03. The van der Waals surface area contributed by atoms with Crippen LogP contribution >= 0.6 is 0 Å². The standard InChI is InChI=1S/C14H26N2O3/c1-13(2,3)19-12(17)16-7-4-6-14(10-16)11(9-15)5-8-18-14/h11H,4-10,15H2,1-3H3. The third-order valence-electron chi connectivity index (χ3n) is 4.02. The Hall–Kier alpha value is -0.810. The predicted octanol–water partition coefficient (Wildman–Crippen LogP) is 1.75. The van der Waals surface area contributed by atoms with Gasteiger partial charge in [-0.05, 0) is 46.6 Å². The van der Waals surface area contributed by atoms with E-state index in [2.05, 4.69) is 0 Å². The van der Waals surface area contributed by atoms with Crippen molar-refractivity contribution in [3.63, 3.8) is 0 Å². The summed E-state index contributed by atoms with van der Waals surface area (Å²) in [6.45, 7) is 8.41. The van der Waals surface area contributed by atoms with E-state index in [1.807, 2.05) is 20.8 Å². The summed E-state index contributed by atoms with van der Waals surface area (Å²) in [5, 5.41) is 0. The number of amides is 1. The van der Waals surface area contributed by atoms with Crippen molar-refractivity contribution in [2.45, 2.75) is 51.2 Å². The molecule has 2 atom stereocenters. The van der Waals surface area contributed by atoms with Crippen LogP contribution in [-0.2, 0) is 9.47 Å². The molecule has 2 aliphatic rings. The van der Waals surface area contributed by atoms with E-state index in [1.165, 1.54) is 0 Å². The van der Waals surface area contributed by atoms with Crippen LogP contribution in [0, 0.1) is 5.92 Å². The summed E-state index contributed by atoms with van der Waals surface area (Å²) in [6, 6.07) is 0. The topological polar surface area (TPSA) is 64.8 Å². The first-order valence-electron chi connectivity index (χ1n) is 7.18. The lowest BCUT2D eigenvalue weighted by Gasteiger charge is -2.43. The van der Waals surface area contributed by atoms with Crippen LogP contribution in [0.3, 0.4) is 0 Å². The van der Waals surface area contributed by atoms with Crippen molar-refractivity contribution in [2.24, 2.45) is 11.7 Å². The molecule has 110 valence electrons. The molecule has 2 rings (SSSR count). The summed E-state index contributed by atoms with van der Waals surface area (Å²) in [5.74, 6) is 0.359. The number of hydrogen-bond donors (Lipinski definition) is 1. The number of nitrogens with zero attached hydrogens (tertiary/aromatic N) is 1. The maximum atomic E-state index is 12.2. The summed E-state index contributed by atoms with van der Waals surface area (Å²) in [7, 11) is 0. The van der Waals surface area contributed by atoms with Gasteiger partial charge in [0.1, 0.15) is 5.60 Å². The Morgan fingerprint density at radius 3 is 2.89 bits per heavy atom. The van der Waals surface area contributed by atoms with Gasteiger partial charge in [-0.1, -0.05) is 0 Å². The maximum Gasteiger partial charge on any atom is 0.410 e. The second-order valence-electron chi connectivity index (χ2n) is 6.64.